The molecule has 1 atom stereocenters. The van der Waals surface area contributed by atoms with Crippen molar-refractivity contribution in [3.8, 4) is 12.3 Å². The first kappa shape index (κ1) is 8.89. The van der Waals surface area contributed by atoms with Gasteiger partial charge < -0.3 is 9.88 Å². The van der Waals surface area contributed by atoms with Crippen LogP contribution in [-0.4, -0.2) is 28.9 Å². The van der Waals surface area contributed by atoms with Crippen molar-refractivity contribution in [3.63, 3.8) is 0 Å². The molecule has 1 unspecified atom stereocenters. The fourth-order valence-electron chi connectivity index (χ4n) is 1.71. The monoisotopic (exact) mass is 188 g/mol. The number of hydrogen-bond acceptors (Lipinski definition) is 1. The lowest BCUT2D eigenvalue weighted by molar-refractivity contribution is 0.0785. The van der Waals surface area contributed by atoms with E-state index in [9.17, 15) is 4.79 Å². The molecular weight excluding hydrogens is 176 g/mol. The first-order valence-electron chi connectivity index (χ1n) is 4.70. The van der Waals surface area contributed by atoms with E-state index in [1.807, 2.05) is 6.07 Å². The molecule has 1 saturated heterocycles. The van der Waals surface area contributed by atoms with Crippen LogP contribution in [0.2, 0.25) is 0 Å². The van der Waals surface area contributed by atoms with Gasteiger partial charge in [-0.1, -0.05) is 0 Å². The second kappa shape index (κ2) is 3.59. The van der Waals surface area contributed by atoms with Crippen molar-refractivity contribution in [2.45, 2.75) is 6.42 Å². The highest BCUT2D eigenvalue weighted by Gasteiger charge is 2.25. The number of terminal acetylenes is 1. The summed E-state index contributed by atoms with van der Waals surface area (Å²) in [4.78, 5) is 16.5. The third-order valence-electron chi connectivity index (χ3n) is 2.54. The van der Waals surface area contributed by atoms with E-state index in [1.54, 1.807) is 17.2 Å². The number of carbonyl (C=O) groups is 1. The number of aromatic amines is 1. The van der Waals surface area contributed by atoms with Gasteiger partial charge in [-0.2, -0.15) is 0 Å². The normalized spacial score (nSPS) is 20.8. The van der Waals surface area contributed by atoms with Gasteiger partial charge in [0.15, 0.2) is 0 Å². The fourth-order valence-corrected chi connectivity index (χ4v) is 1.71. The summed E-state index contributed by atoms with van der Waals surface area (Å²) in [6.07, 6.45) is 7.99. The van der Waals surface area contributed by atoms with Crippen LogP contribution in [0.5, 0.6) is 0 Å². The lowest BCUT2D eigenvalue weighted by Gasteiger charge is -2.13. The maximum atomic E-state index is 11.8. The van der Waals surface area contributed by atoms with Gasteiger partial charge in [0.2, 0.25) is 0 Å². The lowest BCUT2D eigenvalue weighted by atomic mass is 10.1. The highest BCUT2D eigenvalue weighted by molar-refractivity contribution is 5.92. The molecule has 2 heterocycles. The number of carbonyl (C=O) groups excluding carboxylic acids is 1. The molecule has 72 valence electrons. The number of rotatable bonds is 1. The Kier molecular flexibility index (Phi) is 2.28. The molecule has 1 aromatic heterocycles. The van der Waals surface area contributed by atoms with Gasteiger partial charge in [0.1, 0.15) is 5.69 Å². The van der Waals surface area contributed by atoms with E-state index >= 15 is 0 Å². The minimum Gasteiger partial charge on any atom is -0.357 e. The quantitative estimate of drug-likeness (QED) is 0.658. The minimum atomic E-state index is 0.0488. The van der Waals surface area contributed by atoms with Gasteiger partial charge in [0.05, 0.1) is 0 Å². The van der Waals surface area contributed by atoms with E-state index in [0.717, 1.165) is 13.0 Å². The Hall–Kier alpha value is -1.69. The molecule has 1 aliphatic rings. The number of nitrogens with one attached hydrogen (secondary N) is 1. The molecule has 0 saturated carbocycles. The Balaban J connectivity index is 2.05. The number of hydrogen-bond donors (Lipinski definition) is 1. The summed E-state index contributed by atoms with van der Waals surface area (Å²) in [6.45, 7) is 1.46. The van der Waals surface area contributed by atoms with Crippen molar-refractivity contribution >= 4 is 5.91 Å². The van der Waals surface area contributed by atoms with E-state index in [1.165, 1.54) is 0 Å². The van der Waals surface area contributed by atoms with Crippen LogP contribution in [0.1, 0.15) is 16.9 Å². The fraction of sp³-hybridized carbons (Fsp3) is 0.364. The molecular formula is C11H12N2O. The van der Waals surface area contributed by atoms with Crippen LogP contribution >= 0.6 is 0 Å². The van der Waals surface area contributed by atoms with Gasteiger partial charge in [0.25, 0.3) is 5.91 Å². The van der Waals surface area contributed by atoms with Crippen LogP contribution in [0.4, 0.5) is 0 Å². The molecule has 1 fully saturated rings. The first-order chi connectivity index (χ1) is 6.81. The maximum absolute atomic E-state index is 11.8. The van der Waals surface area contributed by atoms with Crippen LogP contribution < -0.4 is 0 Å². The zero-order valence-corrected chi connectivity index (χ0v) is 7.86. The smallest absolute Gasteiger partial charge is 0.270 e. The summed E-state index contributed by atoms with van der Waals surface area (Å²) in [6, 6.07) is 3.60. The van der Waals surface area contributed by atoms with Crippen LogP contribution in [-0.2, 0) is 0 Å². The maximum Gasteiger partial charge on any atom is 0.270 e. The van der Waals surface area contributed by atoms with Gasteiger partial charge in [-0.15, -0.1) is 12.3 Å². The van der Waals surface area contributed by atoms with E-state index in [4.69, 9.17) is 6.42 Å². The van der Waals surface area contributed by atoms with Crippen molar-refractivity contribution < 1.29 is 4.79 Å². The summed E-state index contributed by atoms with van der Waals surface area (Å²) in [5.41, 5.74) is 0.641. The highest BCUT2D eigenvalue weighted by Crippen LogP contribution is 2.17. The number of nitrogens with zero attached hydrogens (tertiary/aromatic N) is 1. The molecule has 0 bridgehead atoms. The van der Waals surface area contributed by atoms with Gasteiger partial charge in [-0.3, -0.25) is 4.79 Å². The Morgan fingerprint density at radius 2 is 2.57 bits per heavy atom. The molecule has 0 aromatic carbocycles. The van der Waals surface area contributed by atoms with Crippen LogP contribution in [0.3, 0.4) is 0 Å². The second-order valence-corrected chi connectivity index (χ2v) is 3.49. The lowest BCUT2D eigenvalue weighted by Crippen LogP contribution is -2.28. The van der Waals surface area contributed by atoms with Crippen LogP contribution in [0.15, 0.2) is 18.3 Å². The van der Waals surface area contributed by atoms with Gasteiger partial charge >= 0.3 is 0 Å². The van der Waals surface area contributed by atoms with Crippen LogP contribution in [0.25, 0.3) is 0 Å². The molecule has 14 heavy (non-hydrogen) atoms. The average molecular weight is 188 g/mol. The molecule has 1 N–H and O–H groups in total. The van der Waals surface area contributed by atoms with Gasteiger partial charge in [-0.05, 0) is 18.6 Å². The van der Waals surface area contributed by atoms with Crippen molar-refractivity contribution in [2.75, 3.05) is 13.1 Å². The minimum absolute atomic E-state index is 0.0488. The summed E-state index contributed by atoms with van der Waals surface area (Å²) in [5.74, 6) is 2.97. The molecule has 3 heteroatoms. The molecule has 1 aliphatic heterocycles. The summed E-state index contributed by atoms with van der Waals surface area (Å²) < 4.78 is 0. The Bertz CT molecular complexity index is 361. The van der Waals surface area contributed by atoms with E-state index in [-0.39, 0.29) is 11.8 Å². The molecule has 2 rings (SSSR count). The molecule has 0 radical (unpaired) electrons. The number of H-pyrrole nitrogens is 1. The van der Waals surface area contributed by atoms with Gasteiger partial charge in [-0.25, -0.2) is 0 Å². The van der Waals surface area contributed by atoms with Crippen molar-refractivity contribution in [2.24, 2.45) is 5.92 Å². The van der Waals surface area contributed by atoms with Crippen molar-refractivity contribution in [3.05, 3.63) is 24.0 Å². The topological polar surface area (TPSA) is 36.1 Å². The number of aromatic nitrogens is 1. The standard InChI is InChI=1S/C11H12N2O/c1-2-9-5-7-13(8-9)11(14)10-4-3-6-12-10/h1,3-4,6,9,12H,5,7-8H2. The zero-order chi connectivity index (χ0) is 9.97. The van der Waals surface area contributed by atoms with E-state index < -0.39 is 0 Å². The third-order valence-corrected chi connectivity index (χ3v) is 2.54. The molecule has 1 amide bonds. The number of amides is 1. The Labute approximate surface area is 83.1 Å². The summed E-state index contributed by atoms with van der Waals surface area (Å²) >= 11 is 0. The average Bonchev–Trinajstić information content (AvgIpc) is 2.88. The largest absolute Gasteiger partial charge is 0.357 e. The Morgan fingerprint density at radius 3 is 3.14 bits per heavy atom. The molecule has 1 aromatic rings. The van der Waals surface area contributed by atoms with Crippen LogP contribution in [0, 0.1) is 18.3 Å². The van der Waals surface area contributed by atoms with E-state index in [0.29, 0.717) is 12.2 Å². The van der Waals surface area contributed by atoms with Crippen molar-refractivity contribution in [1.82, 2.24) is 9.88 Å². The molecule has 0 spiro atoms. The summed E-state index contributed by atoms with van der Waals surface area (Å²) in [7, 11) is 0. The van der Waals surface area contributed by atoms with Crippen molar-refractivity contribution in [1.29, 1.82) is 0 Å². The molecule has 0 aliphatic carbocycles. The predicted molar refractivity (Wildman–Crippen MR) is 53.6 cm³/mol. The third kappa shape index (κ3) is 1.51. The predicted octanol–water partition coefficient (Wildman–Crippen LogP) is 1.11. The highest BCUT2D eigenvalue weighted by atomic mass is 16.2. The summed E-state index contributed by atoms with van der Waals surface area (Å²) in [5, 5.41) is 0. The Morgan fingerprint density at radius 1 is 1.71 bits per heavy atom. The van der Waals surface area contributed by atoms with E-state index in [2.05, 4.69) is 10.9 Å². The molecule has 3 nitrogen and oxygen atoms in total. The first-order valence-corrected chi connectivity index (χ1v) is 4.70. The second-order valence-electron chi connectivity index (χ2n) is 3.49. The zero-order valence-electron chi connectivity index (χ0n) is 7.86. The number of likely N-dealkylation sites (tertiary alicyclic amines) is 1. The SMILES string of the molecule is C#CC1CCN(C(=O)c2ccc[nH]2)C1. The van der Waals surface area contributed by atoms with Gasteiger partial charge in [0, 0.05) is 25.2 Å².